The number of fused-ring (bicyclic) bond motifs is 1. The molecule has 0 spiro atoms. The highest BCUT2D eigenvalue weighted by atomic mass is 15.2. The summed E-state index contributed by atoms with van der Waals surface area (Å²) < 4.78 is 0. The fourth-order valence-electron chi connectivity index (χ4n) is 3.04. The largest absolute Gasteiger partial charge is 0.361 e. The van der Waals surface area contributed by atoms with Crippen LogP contribution < -0.4 is 0 Å². The Kier molecular flexibility index (Phi) is 2.89. The Bertz CT molecular complexity index is 500. The molecule has 1 aliphatic heterocycles. The molecule has 1 aromatic heterocycles. The highest BCUT2D eigenvalue weighted by molar-refractivity contribution is 5.80. The van der Waals surface area contributed by atoms with Crippen LogP contribution in [0.15, 0.2) is 30.5 Å². The standard InChI is InChI=1S/C15H20N2/c1-2-9-17-10-3-4-15(17)13-5-6-14-12(11-13)7-8-16-14/h5-8,11,15-16H,2-4,9-10H2,1H3/t15-/m0/s1. The van der Waals surface area contributed by atoms with E-state index in [1.54, 1.807) is 0 Å². The normalized spacial score (nSPS) is 21.4. The van der Waals surface area contributed by atoms with E-state index in [2.05, 4.69) is 41.1 Å². The summed E-state index contributed by atoms with van der Waals surface area (Å²) in [7, 11) is 0. The van der Waals surface area contributed by atoms with E-state index in [1.165, 1.54) is 48.8 Å². The number of hydrogen-bond donors (Lipinski definition) is 1. The zero-order valence-corrected chi connectivity index (χ0v) is 10.4. The summed E-state index contributed by atoms with van der Waals surface area (Å²) in [4.78, 5) is 5.89. The van der Waals surface area contributed by atoms with E-state index in [0.29, 0.717) is 6.04 Å². The summed E-state index contributed by atoms with van der Waals surface area (Å²) in [5, 5.41) is 1.34. The molecule has 1 N–H and O–H groups in total. The molecule has 0 radical (unpaired) electrons. The van der Waals surface area contributed by atoms with Crippen molar-refractivity contribution >= 4 is 10.9 Å². The van der Waals surface area contributed by atoms with Crippen molar-refractivity contribution in [3.63, 3.8) is 0 Å². The molecule has 0 bridgehead atoms. The fraction of sp³-hybridized carbons (Fsp3) is 0.467. The van der Waals surface area contributed by atoms with Crippen molar-refractivity contribution in [2.24, 2.45) is 0 Å². The van der Waals surface area contributed by atoms with Crippen LogP contribution in [0, 0.1) is 0 Å². The van der Waals surface area contributed by atoms with Crippen LogP contribution in [0.2, 0.25) is 0 Å². The van der Waals surface area contributed by atoms with Gasteiger partial charge in [0.05, 0.1) is 0 Å². The van der Waals surface area contributed by atoms with Gasteiger partial charge in [-0.25, -0.2) is 0 Å². The van der Waals surface area contributed by atoms with E-state index in [1.807, 2.05) is 6.20 Å². The molecule has 0 aliphatic carbocycles. The molecule has 1 aromatic carbocycles. The monoisotopic (exact) mass is 228 g/mol. The first-order chi connectivity index (χ1) is 8.38. The van der Waals surface area contributed by atoms with Gasteiger partial charge in [-0.2, -0.15) is 0 Å². The van der Waals surface area contributed by atoms with Crippen molar-refractivity contribution in [2.45, 2.75) is 32.2 Å². The van der Waals surface area contributed by atoms with Gasteiger partial charge in [0.2, 0.25) is 0 Å². The average Bonchev–Trinajstić information content (AvgIpc) is 2.96. The number of benzene rings is 1. The second-order valence-corrected chi connectivity index (χ2v) is 5.02. The van der Waals surface area contributed by atoms with Gasteiger partial charge in [-0.15, -0.1) is 0 Å². The summed E-state index contributed by atoms with van der Waals surface area (Å²) in [6.07, 6.45) is 5.93. The molecule has 1 fully saturated rings. The smallest absolute Gasteiger partial charge is 0.0454 e. The fourth-order valence-corrected chi connectivity index (χ4v) is 3.04. The van der Waals surface area contributed by atoms with Crippen LogP contribution in [-0.2, 0) is 0 Å². The van der Waals surface area contributed by atoms with Crippen molar-refractivity contribution in [2.75, 3.05) is 13.1 Å². The Labute approximate surface area is 103 Å². The minimum atomic E-state index is 0.647. The van der Waals surface area contributed by atoms with Gasteiger partial charge in [0.1, 0.15) is 0 Å². The third-order valence-electron chi connectivity index (χ3n) is 3.84. The number of aromatic nitrogens is 1. The molecule has 1 saturated heterocycles. The van der Waals surface area contributed by atoms with Crippen LogP contribution in [0.1, 0.15) is 37.8 Å². The molecule has 2 nitrogen and oxygen atoms in total. The minimum Gasteiger partial charge on any atom is -0.361 e. The maximum absolute atomic E-state index is 3.26. The van der Waals surface area contributed by atoms with E-state index < -0.39 is 0 Å². The molecule has 2 heterocycles. The van der Waals surface area contributed by atoms with Crippen LogP contribution in [-0.4, -0.2) is 23.0 Å². The average molecular weight is 228 g/mol. The van der Waals surface area contributed by atoms with Crippen LogP contribution in [0.25, 0.3) is 10.9 Å². The Hall–Kier alpha value is -1.28. The SMILES string of the molecule is CCCN1CCC[C@H]1c1ccc2[nH]ccc2c1. The zero-order valence-electron chi connectivity index (χ0n) is 10.4. The van der Waals surface area contributed by atoms with Crippen molar-refractivity contribution in [3.05, 3.63) is 36.0 Å². The lowest BCUT2D eigenvalue weighted by atomic mass is 10.0. The third kappa shape index (κ3) is 1.98. The molecule has 0 saturated carbocycles. The van der Waals surface area contributed by atoms with E-state index in [0.717, 1.165) is 0 Å². The molecule has 0 unspecified atom stereocenters. The number of aromatic amines is 1. The summed E-state index contributed by atoms with van der Waals surface area (Å²) in [6, 6.07) is 9.67. The minimum absolute atomic E-state index is 0.647. The lowest BCUT2D eigenvalue weighted by molar-refractivity contribution is 0.258. The number of likely N-dealkylation sites (tertiary alicyclic amines) is 1. The van der Waals surface area contributed by atoms with Crippen LogP contribution in [0.5, 0.6) is 0 Å². The number of nitrogens with one attached hydrogen (secondary N) is 1. The molecular formula is C15H20N2. The summed E-state index contributed by atoms with van der Waals surface area (Å²) in [5.74, 6) is 0. The molecule has 1 aliphatic rings. The topological polar surface area (TPSA) is 19.0 Å². The second kappa shape index (κ2) is 4.53. The summed E-state index contributed by atoms with van der Waals surface area (Å²) in [5.41, 5.74) is 2.73. The van der Waals surface area contributed by atoms with Gasteiger partial charge in [-0.05, 0) is 61.5 Å². The van der Waals surface area contributed by atoms with Gasteiger partial charge < -0.3 is 4.98 Å². The molecular weight excluding hydrogens is 208 g/mol. The Morgan fingerprint density at radius 1 is 1.35 bits per heavy atom. The van der Waals surface area contributed by atoms with Crippen LogP contribution in [0.4, 0.5) is 0 Å². The molecule has 90 valence electrons. The quantitative estimate of drug-likeness (QED) is 0.848. The molecule has 3 rings (SSSR count). The van der Waals surface area contributed by atoms with Crippen molar-refractivity contribution in [1.29, 1.82) is 0 Å². The van der Waals surface area contributed by atoms with Crippen molar-refractivity contribution < 1.29 is 0 Å². The van der Waals surface area contributed by atoms with Crippen LogP contribution >= 0.6 is 0 Å². The number of hydrogen-bond acceptors (Lipinski definition) is 1. The van der Waals surface area contributed by atoms with Gasteiger partial charge in [-0.3, -0.25) is 4.90 Å². The predicted octanol–water partition coefficient (Wildman–Crippen LogP) is 3.71. The third-order valence-corrected chi connectivity index (χ3v) is 3.84. The van der Waals surface area contributed by atoms with Crippen LogP contribution in [0.3, 0.4) is 0 Å². The Morgan fingerprint density at radius 2 is 2.29 bits per heavy atom. The molecule has 2 heteroatoms. The Morgan fingerprint density at radius 3 is 3.18 bits per heavy atom. The second-order valence-electron chi connectivity index (χ2n) is 5.02. The number of H-pyrrole nitrogens is 1. The first kappa shape index (κ1) is 10.8. The molecule has 0 amide bonds. The molecule has 17 heavy (non-hydrogen) atoms. The highest BCUT2D eigenvalue weighted by Gasteiger charge is 2.24. The first-order valence-electron chi connectivity index (χ1n) is 6.69. The number of rotatable bonds is 3. The highest BCUT2D eigenvalue weighted by Crippen LogP contribution is 2.33. The van der Waals surface area contributed by atoms with Gasteiger partial charge >= 0.3 is 0 Å². The summed E-state index contributed by atoms with van der Waals surface area (Å²) in [6.45, 7) is 4.77. The van der Waals surface area contributed by atoms with E-state index >= 15 is 0 Å². The lowest BCUT2D eigenvalue weighted by Gasteiger charge is -2.24. The number of nitrogens with zero attached hydrogens (tertiary/aromatic N) is 1. The Balaban J connectivity index is 1.91. The van der Waals surface area contributed by atoms with Crippen molar-refractivity contribution in [3.8, 4) is 0 Å². The zero-order chi connectivity index (χ0) is 11.7. The maximum Gasteiger partial charge on any atom is 0.0454 e. The van der Waals surface area contributed by atoms with Gasteiger partial charge in [-0.1, -0.05) is 13.0 Å². The molecule has 2 aromatic rings. The van der Waals surface area contributed by atoms with E-state index in [4.69, 9.17) is 0 Å². The lowest BCUT2D eigenvalue weighted by Crippen LogP contribution is -2.23. The predicted molar refractivity (Wildman–Crippen MR) is 72.1 cm³/mol. The van der Waals surface area contributed by atoms with Gasteiger partial charge in [0.15, 0.2) is 0 Å². The molecule has 1 atom stereocenters. The van der Waals surface area contributed by atoms with Crippen molar-refractivity contribution in [1.82, 2.24) is 9.88 Å². The van der Waals surface area contributed by atoms with E-state index in [-0.39, 0.29) is 0 Å². The first-order valence-corrected chi connectivity index (χ1v) is 6.69. The maximum atomic E-state index is 3.26. The summed E-state index contributed by atoms with van der Waals surface area (Å²) >= 11 is 0. The van der Waals surface area contributed by atoms with Gasteiger partial charge in [0, 0.05) is 17.8 Å². The van der Waals surface area contributed by atoms with Gasteiger partial charge in [0.25, 0.3) is 0 Å². The van der Waals surface area contributed by atoms with E-state index in [9.17, 15) is 0 Å².